The van der Waals surface area contributed by atoms with Crippen molar-refractivity contribution in [3.05, 3.63) is 65.2 Å². The lowest BCUT2D eigenvalue weighted by atomic mass is 9.92. The van der Waals surface area contributed by atoms with Crippen molar-refractivity contribution in [2.24, 2.45) is 0 Å². The highest BCUT2D eigenvalue weighted by atomic mass is 32.2. The van der Waals surface area contributed by atoms with Gasteiger partial charge in [0.15, 0.2) is 9.84 Å². The van der Waals surface area contributed by atoms with Crippen LogP contribution in [0.15, 0.2) is 53.4 Å². The highest BCUT2D eigenvalue weighted by molar-refractivity contribution is 7.90. The second-order valence-electron chi connectivity index (χ2n) is 6.75. The van der Waals surface area contributed by atoms with Gasteiger partial charge < -0.3 is 5.32 Å². The van der Waals surface area contributed by atoms with Gasteiger partial charge in [-0.1, -0.05) is 36.4 Å². The van der Waals surface area contributed by atoms with Gasteiger partial charge in [-0.3, -0.25) is 15.0 Å². The standard InChI is InChI=1S/C19H19N3O5S/c1-12-9-10-14(28(3,26)27)11-15(12)16(23)21-22-17(24)19(2,20-18(22)25)13-7-5-4-6-8-13/h4-11H,1-3H3,(H,20,25)(H,21,23). The maximum atomic E-state index is 12.8. The topological polar surface area (TPSA) is 113 Å². The monoisotopic (exact) mass is 401 g/mol. The van der Waals surface area contributed by atoms with E-state index in [1.54, 1.807) is 44.2 Å². The van der Waals surface area contributed by atoms with Gasteiger partial charge in [0.1, 0.15) is 5.54 Å². The molecule has 8 nitrogen and oxygen atoms in total. The average molecular weight is 401 g/mol. The van der Waals surface area contributed by atoms with Crippen molar-refractivity contribution >= 4 is 27.7 Å². The van der Waals surface area contributed by atoms with Crippen LogP contribution in [0.25, 0.3) is 0 Å². The average Bonchev–Trinajstić information content (AvgIpc) is 2.86. The van der Waals surface area contributed by atoms with Gasteiger partial charge in [-0.25, -0.2) is 13.2 Å². The van der Waals surface area contributed by atoms with Crippen molar-refractivity contribution in [1.29, 1.82) is 0 Å². The fourth-order valence-corrected chi connectivity index (χ4v) is 3.59. The minimum Gasteiger partial charge on any atom is -0.318 e. The van der Waals surface area contributed by atoms with Crippen LogP contribution < -0.4 is 10.7 Å². The van der Waals surface area contributed by atoms with Crippen molar-refractivity contribution in [3.8, 4) is 0 Å². The van der Waals surface area contributed by atoms with E-state index in [-0.39, 0.29) is 10.5 Å². The molecule has 4 amide bonds. The smallest absolute Gasteiger partial charge is 0.318 e. The summed E-state index contributed by atoms with van der Waals surface area (Å²) in [6, 6.07) is 12.0. The van der Waals surface area contributed by atoms with Crippen LogP contribution in [0, 0.1) is 6.92 Å². The van der Waals surface area contributed by atoms with Crippen LogP contribution in [0.1, 0.15) is 28.4 Å². The van der Waals surface area contributed by atoms with E-state index < -0.39 is 33.2 Å². The molecule has 9 heteroatoms. The minimum absolute atomic E-state index is 0.0328. The molecule has 1 aliphatic rings. The zero-order valence-corrected chi connectivity index (χ0v) is 16.3. The van der Waals surface area contributed by atoms with Crippen LogP contribution in [-0.2, 0) is 20.2 Å². The molecule has 2 aromatic carbocycles. The Morgan fingerprint density at radius 2 is 1.75 bits per heavy atom. The predicted molar refractivity (Wildman–Crippen MR) is 101 cm³/mol. The van der Waals surface area contributed by atoms with E-state index in [0.717, 1.165) is 6.26 Å². The third kappa shape index (κ3) is 3.36. The van der Waals surface area contributed by atoms with Crippen molar-refractivity contribution in [1.82, 2.24) is 15.8 Å². The van der Waals surface area contributed by atoms with E-state index in [2.05, 4.69) is 10.7 Å². The van der Waals surface area contributed by atoms with E-state index in [1.165, 1.54) is 18.2 Å². The third-order valence-electron chi connectivity index (χ3n) is 4.64. The highest BCUT2D eigenvalue weighted by Gasteiger charge is 2.50. The molecular weight excluding hydrogens is 382 g/mol. The van der Waals surface area contributed by atoms with Crippen LogP contribution in [0.4, 0.5) is 4.79 Å². The summed E-state index contributed by atoms with van der Waals surface area (Å²) in [4.78, 5) is 37.8. The molecule has 1 heterocycles. The largest absolute Gasteiger partial charge is 0.344 e. The molecule has 1 atom stereocenters. The second kappa shape index (κ2) is 6.75. The maximum absolute atomic E-state index is 12.8. The molecule has 146 valence electrons. The van der Waals surface area contributed by atoms with Crippen LogP contribution in [0.2, 0.25) is 0 Å². The molecule has 28 heavy (non-hydrogen) atoms. The highest BCUT2D eigenvalue weighted by Crippen LogP contribution is 2.28. The summed E-state index contributed by atoms with van der Waals surface area (Å²) in [5.41, 5.74) is 2.08. The van der Waals surface area contributed by atoms with Gasteiger partial charge in [-0.15, -0.1) is 0 Å². The summed E-state index contributed by atoms with van der Waals surface area (Å²) < 4.78 is 23.5. The Kier molecular flexibility index (Phi) is 4.72. The van der Waals surface area contributed by atoms with Gasteiger partial charge in [0.25, 0.3) is 11.8 Å². The summed E-state index contributed by atoms with van der Waals surface area (Å²) in [7, 11) is -3.52. The molecule has 1 saturated heterocycles. The number of urea groups is 1. The molecular formula is C19H19N3O5S. The van der Waals surface area contributed by atoms with Crippen molar-refractivity contribution in [2.45, 2.75) is 24.3 Å². The van der Waals surface area contributed by atoms with Gasteiger partial charge in [0.2, 0.25) is 0 Å². The summed E-state index contributed by atoms with van der Waals surface area (Å²) in [6.07, 6.45) is 1.03. The number of nitrogens with one attached hydrogen (secondary N) is 2. The molecule has 0 radical (unpaired) electrons. The summed E-state index contributed by atoms with van der Waals surface area (Å²) in [5.74, 6) is -1.40. The number of aryl methyl sites for hydroxylation is 1. The second-order valence-corrected chi connectivity index (χ2v) is 8.77. The Labute approximate surface area is 162 Å². The van der Waals surface area contributed by atoms with Crippen LogP contribution >= 0.6 is 0 Å². The Morgan fingerprint density at radius 1 is 1.11 bits per heavy atom. The van der Waals surface area contributed by atoms with Crippen LogP contribution in [-0.4, -0.2) is 37.5 Å². The van der Waals surface area contributed by atoms with Gasteiger partial charge >= 0.3 is 6.03 Å². The predicted octanol–water partition coefficient (Wildman–Crippen LogP) is 1.51. The number of hydrogen-bond donors (Lipinski definition) is 2. The van der Waals surface area contributed by atoms with E-state index in [9.17, 15) is 22.8 Å². The first-order valence-corrected chi connectivity index (χ1v) is 10.3. The van der Waals surface area contributed by atoms with E-state index in [1.807, 2.05) is 0 Å². The first kappa shape index (κ1) is 19.6. The number of rotatable bonds is 4. The number of imide groups is 1. The molecule has 0 saturated carbocycles. The number of amides is 4. The lowest BCUT2D eigenvalue weighted by Crippen LogP contribution is -2.48. The number of hydrogen-bond acceptors (Lipinski definition) is 5. The van der Waals surface area contributed by atoms with Gasteiger partial charge in [0, 0.05) is 11.8 Å². The van der Waals surface area contributed by atoms with Crippen LogP contribution in [0.5, 0.6) is 0 Å². The number of nitrogens with zero attached hydrogens (tertiary/aromatic N) is 1. The van der Waals surface area contributed by atoms with Crippen molar-refractivity contribution in [2.75, 3.05) is 6.26 Å². The molecule has 3 rings (SSSR count). The number of carbonyl (C=O) groups excluding carboxylic acids is 3. The zero-order valence-electron chi connectivity index (χ0n) is 15.5. The summed E-state index contributed by atoms with van der Waals surface area (Å²) in [6.45, 7) is 3.17. The van der Waals surface area contributed by atoms with E-state index in [4.69, 9.17) is 0 Å². The van der Waals surface area contributed by atoms with E-state index >= 15 is 0 Å². The normalized spacial score (nSPS) is 19.5. The fourth-order valence-electron chi connectivity index (χ4n) is 2.95. The molecule has 1 fully saturated rings. The molecule has 1 aliphatic heterocycles. The minimum atomic E-state index is -3.52. The lowest BCUT2D eigenvalue weighted by molar-refractivity contribution is -0.132. The molecule has 1 unspecified atom stereocenters. The SMILES string of the molecule is Cc1ccc(S(C)(=O)=O)cc1C(=O)NN1C(=O)NC(C)(c2ccccc2)C1=O. The van der Waals surface area contributed by atoms with Gasteiger partial charge in [-0.05, 0) is 37.1 Å². The zero-order chi connectivity index (χ0) is 20.7. The molecule has 0 aromatic heterocycles. The van der Waals surface area contributed by atoms with Crippen molar-refractivity contribution < 1.29 is 22.8 Å². The quantitative estimate of drug-likeness (QED) is 0.754. The first-order chi connectivity index (χ1) is 13.0. The molecule has 0 bridgehead atoms. The lowest BCUT2D eigenvalue weighted by Gasteiger charge is -2.22. The maximum Gasteiger partial charge on any atom is 0.344 e. The van der Waals surface area contributed by atoms with Crippen LogP contribution in [0.3, 0.4) is 0 Å². The number of benzene rings is 2. The Morgan fingerprint density at radius 3 is 2.36 bits per heavy atom. The number of sulfone groups is 1. The Balaban J connectivity index is 1.89. The van der Waals surface area contributed by atoms with E-state index in [0.29, 0.717) is 16.1 Å². The molecule has 0 spiro atoms. The molecule has 2 aromatic rings. The van der Waals surface area contributed by atoms with Gasteiger partial charge in [0.05, 0.1) is 4.90 Å². The summed E-state index contributed by atoms with van der Waals surface area (Å²) >= 11 is 0. The first-order valence-electron chi connectivity index (χ1n) is 8.38. The Hall–Kier alpha value is -3.20. The number of carbonyl (C=O) groups is 3. The third-order valence-corrected chi connectivity index (χ3v) is 5.75. The van der Waals surface area contributed by atoms with Crippen molar-refractivity contribution in [3.63, 3.8) is 0 Å². The Bertz CT molecular complexity index is 1080. The van der Waals surface area contributed by atoms with Gasteiger partial charge in [-0.2, -0.15) is 5.01 Å². The summed E-state index contributed by atoms with van der Waals surface area (Å²) in [5, 5.41) is 3.19. The molecule has 0 aliphatic carbocycles. The number of hydrazine groups is 1. The fraction of sp³-hybridized carbons (Fsp3) is 0.211. The molecule has 2 N–H and O–H groups in total.